The predicted octanol–water partition coefficient (Wildman–Crippen LogP) is 1.20. The van der Waals surface area contributed by atoms with Gasteiger partial charge in [0.2, 0.25) is 0 Å². The van der Waals surface area contributed by atoms with Crippen molar-refractivity contribution >= 4 is 11.6 Å². The van der Waals surface area contributed by atoms with Crippen LogP contribution in [0, 0.1) is 6.92 Å². The number of hydrogen-bond donors (Lipinski definition) is 1. The van der Waals surface area contributed by atoms with Crippen molar-refractivity contribution in [2.24, 2.45) is 7.05 Å². The van der Waals surface area contributed by atoms with Crippen molar-refractivity contribution in [1.29, 1.82) is 0 Å². The summed E-state index contributed by atoms with van der Waals surface area (Å²) in [6, 6.07) is 0. The van der Waals surface area contributed by atoms with E-state index >= 15 is 0 Å². The third kappa shape index (κ3) is 2.20. The molecule has 2 rings (SSSR count). The van der Waals surface area contributed by atoms with E-state index in [2.05, 4.69) is 15.5 Å². The van der Waals surface area contributed by atoms with Crippen LogP contribution in [0.25, 0.3) is 0 Å². The van der Waals surface area contributed by atoms with Gasteiger partial charge in [-0.05, 0) is 13.8 Å². The Bertz CT molecular complexity index is 540. The number of nitrogens with one attached hydrogen (secondary N) is 1. The van der Waals surface area contributed by atoms with E-state index in [0.717, 1.165) is 17.9 Å². The Morgan fingerprint density at radius 3 is 2.71 bits per heavy atom. The molecule has 17 heavy (non-hydrogen) atoms. The molecule has 2 heterocycles. The van der Waals surface area contributed by atoms with Crippen LogP contribution in [0.15, 0.2) is 18.6 Å². The highest BCUT2D eigenvalue weighted by atomic mass is 16.1. The molecule has 0 aliphatic heterocycles. The Morgan fingerprint density at radius 2 is 2.18 bits per heavy atom. The minimum absolute atomic E-state index is 0.166. The topological polar surface area (TPSA) is 64.7 Å². The van der Waals surface area contributed by atoms with Crippen molar-refractivity contribution < 1.29 is 4.79 Å². The first-order valence-electron chi connectivity index (χ1n) is 5.44. The van der Waals surface area contributed by atoms with Gasteiger partial charge in [0.1, 0.15) is 0 Å². The molecule has 0 spiro atoms. The molecule has 0 radical (unpaired) electrons. The minimum Gasteiger partial charge on any atom is -0.319 e. The number of anilines is 1. The van der Waals surface area contributed by atoms with E-state index in [1.807, 2.05) is 20.9 Å². The largest absolute Gasteiger partial charge is 0.319 e. The van der Waals surface area contributed by atoms with Crippen LogP contribution in [0.3, 0.4) is 0 Å². The highest BCUT2D eigenvalue weighted by Gasteiger charge is 2.11. The fraction of sp³-hybridized carbons (Fsp3) is 0.364. The number of hydrogen-bond acceptors (Lipinski definition) is 3. The average molecular weight is 233 g/mol. The second-order valence-electron chi connectivity index (χ2n) is 3.81. The van der Waals surface area contributed by atoms with Crippen LogP contribution < -0.4 is 5.32 Å². The van der Waals surface area contributed by atoms with Gasteiger partial charge in [-0.2, -0.15) is 10.2 Å². The molecule has 2 aromatic rings. The quantitative estimate of drug-likeness (QED) is 0.866. The summed E-state index contributed by atoms with van der Waals surface area (Å²) < 4.78 is 3.43. The molecule has 1 amide bonds. The molecule has 0 fully saturated rings. The Balaban J connectivity index is 2.14. The summed E-state index contributed by atoms with van der Waals surface area (Å²) in [6.45, 7) is 4.62. The summed E-state index contributed by atoms with van der Waals surface area (Å²) in [6.07, 6.45) is 4.92. The molecule has 0 unspecified atom stereocenters. The molecule has 0 saturated heterocycles. The van der Waals surface area contributed by atoms with Gasteiger partial charge in [-0.1, -0.05) is 0 Å². The monoisotopic (exact) mass is 233 g/mol. The lowest BCUT2D eigenvalue weighted by Gasteiger charge is -2.02. The normalized spacial score (nSPS) is 10.5. The fourth-order valence-electron chi connectivity index (χ4n) is 1.47. The lowest BCUT2D eigenvalue weighted by molar-refractivity contribution is 0.102. The maximum Gasteiger partial charge on any atom is 0.258 e. The van der Waals surface area contributed by atoms with Gasteiger partial charge in [-0.15, -0.1) is 0 Å². The molecule has 0 atom stereocenters. The van der Waals surface area contributed by atoms with Gasteiger partial charge in [0.25, 0.3) is 5.91 Å². The summed E-state index contributed by atoms with van der Waals surface area (Å²) in [4.78, 5) is 11.9. The van der Waals surface area contributed by atoms with Gasteiger partial charge >= 0.3 is 0 Å². The van der Waals surface area contributed by atoms with Gasteiger partial charge in [0.05, 0.1) is 29.3 Å². The van der Waals surface area contributed by atoms with Crippen molar-refractivity contribution in [3.63, 3.8) is 0 Å². The van der Waals surface area contributed by atoms with Crippen LogP contribution >= 0.6 is 0 Å². The molecule has 2 aromatic heterocycles. The average Bonchev–Trinajstić information content (AvgIpc) is 2.91. The number of rotatable bonds is 3. The number of aryl methyl sites for hydroxylation is 2. The number of aromatic nitrogens is 4. The molecular weight excluding hydrogens is 218 g/mol. The first-order chi connectivity index (χ1) is 8.11. The highest BCUT2D eigenvalue weighted by molar-refractivity contribution is 6.04. The zero-order valence-electron chi connectivity index (χ0n) is 10.1. The highest BCUT2D eigenvalue weighted by Crippen LogP contribution is 2.13. The fourth-order valence-corrected chi connectivity index (χ4v) is 1.47. The summed E-state index contributed by atoms with van der Waals surface area (Å²) >= 11 is 0. The van der Waals surface area contributed by atoms with Crippen molar-refractivity contribution in [3.05, 3.63) is 29.8 Å². The second kappa shape index (κ2) is 4.40. The van der Waals surface area contributed by atoms with E-state index in [1.165, 1.54) is 0 Å². The number of nitrogens with zero attached hydrogens (tertiary/aromatic N) is 4. The summed E-state index contributed by atoms with van der Waals surface area (Å²) in [5.41, 5.74) is 2.19. The van der Waals surface area contributed by atoms with Crippen LogP contribution in [0.5, 0.6) is 0 Å². The molecule has 0 aromatic carbocycles. The first-order valence-corrected chi connectivity index (χ1v) is 5.44. The van der Waals surface area contributed by atoms with Crippen LogP contribution in [-0.4, -0.2) is 25.5 Å². The molecule has 90 valence electrons. The number of carbonyl (C=O) groups is 1. The van der Waals surface area contributed by atoms with Crippen molar-refractivity contribution in [2.45, 2.75) is 20.4 Å². The van der Waals surface area contributed by atoms with Gasteiger partial charge in [-0.3, -0.25) is 14.2 Å². The maximum absolute atomic E-state index is 11.9. The van der Waals surface area contributed by atoms with Gasteiger partial charge in [-0.25, -0.2) is 0 Å². The minimum atomic E-state index is -0.166. The first kappa shape index (κ1) is 11.4. The lowest BCUT2D eigenvalue weighted by Crippen LogP contribution is -2.11. The number of carbonyl (C=O) groups excluding carboxylic acids is 1. The van der Waals surface area contributed by atoms with E-state index in [0.29, 0.717) is 5.56 Å². The molecule has 0 saturated carbocycles. The van der Waals surface area contributed by atoms with Gasteiger partial charge < -0.3 is 5.32 Å². The smallest absolute Gasteiger partial charge is 0.258 e. The van der Waals surface area contributed by atoms with Crippen LogP contribution in [0.2, 0.25) is 0 Å². The molecule has 1 N–H and O–H groups in total. The molecule has 0 aliphatic carbocycles. The maximum atomic E-state index is 11.9. The third-order valence-electron chi connectivity index (χ3n) is 2.70. The van der Waals surface area contributed by atoms with Crippen LogP contribution in [0.4, 0.5) is 5.69 Å². The SMILES string of the molecule is CCn1cc(C(=O)Nc2cnn(C)c2C)cn1. The standard InChI is InChI=1S/C11H15N5O/c1-4-16-7-9(5-13-16)11(17)14-10-6-12-15(3)8(10)2/h5-7H,4H2,1-3H3,(H,14,17). The van der Waals surface area contributed by atoms with E-state index in [-0.39, 0.29) is 5.91 Å². The number of amides is 1. The molecule has 6 nitrogen and oxygen atoms in total. The molecule has 0 aliphatic rings. The van der Waals surface area contributed by atoms with E-state index in [4.69, 9.17) is 0 Å². The Kier molecular flexibility index (Phi) is 2.95. The van der Waals surface area contributed by atoms with Crippen LogP contribution in [-0.2, 0) is 13.6 Å². The summed E-state index contributed by atoms with van der Waals surface area (Å²) in [5.74, 6) is -0.166. The molecule has 6 heteroatoms. The van der Waals surface area contributed by atoms with E-state index in [1.54, 1.807) is 28.0 Å². The van der Waals surface area contributed by atoms with Gasteiger partial charge in [0, 0.05) is 19.8 Å². The van der Waals surface area contributed by atoms with Gasteiger partial charge in [0.15, 0.2) is 0 Å². The third-order valence-corrected chi connectivity index (χ3v) is 2.70. The molecule has 0 bridgehead atoms. The second-order valence-corrected chi connectivity index (χ2v) is 3.81. The van der Waals surface area contributed by atoms with E-state index < -0.39 is 0 Å². The zero-order chi connectivity index (χ0) is 12.4. The summed E-state index contributed by atoms with van der Waals surface area (Å²) in [7, 11) is 1.83. The van der Waals surface area contributed by atoms with Crippen molar-refractivity contribution in [2.75, 3.05) is 5.32 Å². The Labute approximate surface area is 99.2 Å². The lowest BCUT2D eigenvalue weighted by atomic mass is 10.3. The predicted molar refractivity (Wildman–Crippen MR) is 63.8 cm³/mol. The van der Waals surface area contributed by atoms with Crippen molar-refractivity contribution in [3.8, 4) is 0 Å². The zero-order valence-corrected chi connectivity index (χ0v) is 10.1. The Morgan fingerprint density at radius 1 is 1.41 bits per heavy atom. The summed E-state index contributed by atoms with van der Waals surface area (Å²) in [5, 5.41) is 10.9. The molecular formula is C11H15N5O. The Hall–Kier alpha value is -2.11. The van der Waals surface area contributed by atoms with E-state index in [9.17, 15) is 4.79 Å². The van der Waals surface area contributed by atoms with Crippen molar-refractivity contribution in [1.82, 2.24) is 19.6 Å². The van der Waals surface area contributed by atoms with Crippen LogP contribution in [0.1, 0.15) is 23.0 Å².